The second-order valence-electron chi connectivity index (χ2n) is 8.79. The Morgan fingerprint density at radius 2 is 1.69 bits per heavy atom. The molecule has 1 atom stereocenters. The topological polar surface area (TPSA) is 124 Å². The van der Waals surface area contributed by atoms with E-state index < -0.39 is 23.6 Å². The van der Waals surface area contributed by atoms with Gasteiger partial charge in [-0.15, -0.1) is 0 Å². The molecule has 1 fully saturated rings. The summed E-state index contributed by atoms with van der Waals surface area (Å²) in [5.74, 6) is -2.12. The lowest BCUT2D eigenvalue weighted by Crippen LogP contribution is -2.40. The highest BCUT2D eigenvalue weighted by atomic mass is 16.7. The summed E-state index contributed by atoms with van der Waals surface area (Å²) >= 11 is 0. The third kappa shape index (κ3) is 3.62. The summed E-state index contributed by atoms with van der Waals surface area (Å²) in [7, 11) is 2.43. The molecule has 2 aromatic rings. The molecule has 2 aliphatic heterocycles. The molecule has 2 N–H and O–H groups in total. The van der Waals surface area contributed by atoms with Crippen molar-refractivity contribution >= 4 is 17.6 Å². The molecule has 1 aliphatic carbocycles. The molecule has 3 aliphatic rings. The first-order valence-electron chi connectivity index (χ1n) is 11.6. The minimum atomic E-state index is -0.926. The van der Waals surface area contributed by atoms with Crippen LogP contribution < -0.4 is 20.1 Å². The van der Waals surface area contributed by atoms with Crippen LogP contribution in [0.1, 0.15) is 37.2 Å². The molecule has 0 amide bonds. The zero-order valence-electron chi connectivity index (χ0n) is 19.9. The standard InChI is InChI=1S/C27H25N3O6/c1-33-25(31)22-21(16-8-4-3-5-9-16)18(15-28)24(29)30(23(22)26(32)34-2)17-10-11-19-20(14-17)36-27(35-19)12-6-7-13-27/h3-5,8-11,14,21H,6-7,12-13,29H2,1-2H3. The quantitative estimate of drug-likeness (QED) is 0.644. The number of esters is 2. The van der Waals surface area contributed by atoms with Crippen molar-refractivity contribution in [2.75, 3.05) is 19.1 Å². The number of fused-ring (bicyclic) bond motifs is 1. The second-order valence-corrected chi connectivity index (χ2v) is 8.79. The van der Waals surface area contributed by atoms with Gasteiger partial charge in [0.15, 0.2) is 11.5 Å². The van der Waals surface area contributed by atoms with Crippen LogP contribution in [0.5, 0.6) is 11.5 Å². The highest BCUT2D eigenvalue weighted by Gasteiger charge is 2.46. The van der Waals surface area contributed by atoms with Crippen LogP contribution in [-0.2, 0) is 19.1 Å². The Hall–Kier alpha value is -4.45. The predicted octanol–water partition coefficient (Wildman–Crippen LogP) is 3.63. The molecule has 5 rings (SSSR count). The molecule has 0 saturated heterocycles. The summed E-state index contributed by atoms with van der Waals surface area (Å²) in [6, 6.07) is 16.1. The van der Waals surface area contributed by atoms with E-state index in [-0.39, 0.29) is 22.7 Å². The van der Waals surface area contributed by atoms with Crippen LogP contribution >= 0.6 is 0 Å². The van der Waals surface area contributed by atoms with Crippen LogP contribution in [0.3, 0.4) is 0 Å². The van der Waals surface area contributed by atoms with Gasteiger partial charge in [0.25, 0.3) is 5.79 Å². The smallest absolute Gasteiger partial charge is 0.355 e. The Kier molecular flexibility index (Phi) is 5.80. The van der Waals surface area contributed by atoms with E-state index >= 15 is 0 Å². The Bertz CT molecular complexity index is 1340. The fourth-order valence-corrected chi connectivity index (χ4v) is 5.12. The average molecular weight is 488 g/mol. The fraction of sp³-hybridized carbons (Fsp3) is 0.296. The van der Waals surface area contributed by atoms with E-state index in [0.717, 1.165) is 25.7 Å². The van der Waals surface area contributed by atoms with Crippen LogP contribution in [-0.4, -0.2) is 31.9 Å². The Balaban J connectivity index is 1.71. The van der Waals surface area contributed by atoms with E-state index in [0.29, 0.717) is 22.7 Å². The first-order valence-corrected chi connectivity index (χ1v) is 11.6. The number of nitrogens with zero attached hydrogens (tertiary/aromatic N) is 2. The average Bonchev–Trinajstić information content (AvgIpc) is 3.52. The van der Waals surface area contributed by atoms with Crippen molar-refractivity contribution in [2.24, 2.45) is 5.73 Å². The lowest BCUT2D eigenvalue weighted by Gasteiger charge is -2.35. The van der Waals surface area contributed by atoms with Crippen LogP contribution in [0.15, 0.2) is 71.2 Å². The molecule has 36 heavy (non-hydrogen) atoms. The Labute approximate surface area is 208 Å². The highest BCUT2D eigenvalue weighted by Crippen LogP contribution is 2.49. The van der Waals surface area contributed by atoms with E-state index in [2.05, 4.69) is 6.07 Å². The van der Waals surface area contributed by atoms with Crippen molar-refractivity contribution in [1.29, 1.82) is 5.26 Å². The molecule has 1 unspecified atom stereocenters. The van der Waals surface area contributed by atoms with Gasteiger partial charge in [0.2, 0.25) is 0 Å². The van der Waals surface area contributed by atoms with Gasteiger partial charge in [0.05, 0.1) is 43.0 Å². The first kappa shape index (κ1) is 23.3. The zero-order chi connectivity index (χ0) is 25.4. The van der Waals surface area contributed by atoms with E-state index in [1.165, 1.54) is 19.1 Å². The van der Waals surface area contributed by atoms with Crippen LogP contribution in [0.25, 0.3) is 0 Å². The molecule has 9 nitrogen and oxygen atoms in total. The second kappa shape index (κ2) is 8.96. The van der Waals surface area contributed by atoms with Crippen molar-refractivity contribution < 1.29 is 28.5 Å². The van der Waals surface area contributed by atoms with Crippen LogP contribution in [0.2, 0.25) is 0 Å². The Morgan fingerprint density at radius 1 is 1.03 bits per heavy atom. The van der Waals surface area contributed by atoms with Crippen molar-refractivity contribution in [3.05, 3.63) is 76.8 Å². The summed E-state index contributed by atoms with van der Waals surface area (Å²) in [5.41, 5.74) is 7.48. The molecule has 9 heteroatoms. The maximum absolute atomic E-state index is 13.2. The number of methoxy groups -OCH3 is 2. The van der Waals surface area contributed by atoms with Crippen LogP contribution in [0.4, 0.5) is 5.69 Å². The molecule has 2 aromatic carbocycles. The zero-order valence-corrected chi connectivity index (χ0v) is 19.9. The molecule has 0 radical (unpaired) electrons. The summed E-state index contributed by atoms with van der Waals surface area (Å²) < 4.78 is 22.4. The number of benzene rings is 2. The number of hydrogen-bond donors (Lipinski definition) is 1. The summed E-state index contributed by atoms with van der Waals surface area (Å²) in [5, 5.41) is 10.2. The monoisotopic (exact) mass is 487 g/mol. The van der Waals surface area contributed by atoms with Crippen molar-refractivity contribution in [3.8, 4) is 17.6 Å². The minimum Gasteiger partial charge on any atom is -0.466 e. The number of nitrogens with two attached hydrogens (primary N) is 1. The lowest BCUT2D eigenvalue weighted by molar-refractivity contribution is -0.139. The van der Waals surface area contributed by atoms with Gasteiger partial charge in [0, 0.05) is 18.9 Å². The molecule has 2 heterocycles. The summed E-state index contributed by atoms with van der Waals surface area (Å²) in [6.07, 6.45) is 3.57. The number of rotatable bonds is 4. The van der Waals surface area contributed by atoms with Gasteiger partial charge in [-0.3, -0.25) is 4.90 Å². The number of ether oxygens (including phenoxy) is 4. The summed E-state index contributed by atoms with van der Waals surface area (Å²) in [6.45, 7) is 0. The molecular weight excluding hydrogens is 462 g/mol. The largest absolute Gasteiger partial charge is 0.466 e. The van der Waals surface area contributed by atoms with Gasteiger partial charge in [-0.25, -0.2) is 9.59 Å². The maximum Gasteiger partial charge on any atom is 0.355 e. The lowest BCUT2D eigenvalue weighted by atomic mass is 9.81. The third-order valence-corrected chi connectivity index (χ3v) is 6.75. The summed E-state index contributed by atoms with van der Waals surface area (Å²) in [4.78, 5) is 27.7. The Morgan fingerprint density at radius 3 is 2.33 bits per heavy atom. The molecule has 0 bridgehead atoms. The van der Waals surface area contributed by atoms with E-state index in [1.54, 1.807) is 42.5 Å². The van der Waals surface area contributed by atoms with Gasteiger partial charge >= 0.3 is 11.9 Å². The minimum absolute atomic E-state index is 0.00569. The highest BCUT2D eigenvalue weighted by molar-refractivity contribution is 6.06. The third-order valence-electron chi connectivity index (χ3n) is 6.75. The number of hydrogen-bond acceptors (Lipinski definition) is 9. The van der Waals surface area contributed by atoms with Gasteiger partial charge in [-0.1, -0.05) is 30.3 Å². The molecule has 1 saturated carbocycles. The molecule has 1 spiro atoms. The van der Waals surface area contributed by atoms with E-state index in [4.69, 9.17) is 24.7 Å². The van der Waals surface area contributed by atoms with Gasteiger partial charge in [-0.2, -0.15) is 5.26 Å². The first-order chi connectivity index (χ1) is 17.4. The molecular formula is C27H25N3O6. The number of carbonyl (C=O) groups is 2. The predicted molar refractivity (Wildman–Crippen MR) is 128 cm³/mol. The normalized spacial score (nSPS) is 19.9. The molecule has 0 aromatic heterocycles. The van der Waals surface area contributed by atoms with Gasteiger partial charge in [-0.05, 0) is 30.5 Å². The fourth-order valence-electron chi connectivity index (χ4n) is 5.12. The van der Waals surface area contributed by atoms with Crippen molar-refractivity contribution in [3.63, 3.8) is 0 Å². The van der Waals surface area contributed by atoms with Gasteiger partial charge in [0.1, 0.15) is 11.5 Å². The van der Waals surface area contributed by atoms with Crippen LogP contribution in [0, 0.1) is 11.3 Å². The number of carbonyl (C=O) groups excluding carboxylic acids is 2. The van der Waals surface area contributed by atoms with Crippen molar-refractivity contribution in [1.82, 2.24) is 0 Å². The number of allylic oxidation sites excluding steroid dienone is 1. The van der Waals surface area contributed by atoms with E-state index in [9.17, 15) is 14.9 Å². The maximum atomic E-state index is 13.2. The number of anilines is 1. The number of nitriles is 1. The SMILES string of the molecule is COC(=O)C1=C(C(=O)OC)N(c2ccc3c(c2)OC2(CCCC2)O3)C(N)=C(C#N)C1c1ccccc1. The van der Waals surface area contributed by atoms with Gasteiger partial charge < -0.3 is 24.7 Å². The van der Waals surface area contributed by atoms with Crippen molar-refractivity contribution in [2.45, 2.75) is 37.4 Å². The van der Waals surface area contributed by atoms with E-state index in [1.807, 2.05) is 6.07 Å². The molecule has 184 valence electrons.